The van der Waals surface area contributed by atoms with Crippen LogP contribution in [0.5, 0.6) is 0 Å². The number of esters is 1. The molecule has 0 aromatic carbocycles. The Morgan fingerprint density at radius 1 is 1.29 bits per heavy atom. The molecule has 1 rings (SSSR count). The van der Waals surface area contributed by atoms with Gasteiger partial charge >= 0.3 is 5.97 Å². The molecule has 4 nitrogen and oxygen atoms in total. The van der Waals surface area contributed by atoms with Crippen LogP contribution in [-0.2, 0) is 9.53 Å². The lowest BCUT2D eigenvalue weighted by Crippen LogP contribution is -2.46. The number of nitrogens with zero attached hydrogens (tertiary/aromatic N) is 1. The molecule has 0 aromatic rings. The topological polar surface area (TPSA) is 55.6 Å². The Morgan fingerprint density at radius 3 is 2.48 bits per heavy atom. The summed E-state index contributed by atoms with van der Waals surface area (Å²) in [4.78, 5) is 14.2. The molecule has 21 heavy (non-hydrogen) atoms. The predicted molar refractivity (Wildman–Crippen MR) is 87.1 cm³/mol. The van der Waals surface area contributed by atoms with Crippen LogP contribution in [0.4, 0.5) is 0 Å². The number of nitrogens with two attached hydrogens (primary N) is 1. The first-order valence-electron chi connectivity index (χ1n) is 8.53. The third kappa shape index (κ3) is 6.35. The maximum Gasteiger partial charge on any atom is 0.325 e. The summed E-state index contributed by atoms with van der Waals surface area (Å²) in [6.07, 6.45) is 8.14. The van der Waals surface area contributed by atoms with Crippen LogP contribution in [0.2, 0.25) is 0 Å². The lowest BCUT2D eigenvalue weighted by molar-refractivity contribution is -0.149. The number of hydrogen-bond acceptors (Lipinski definition) is 4. The van der Waals surface area contributed by atoms with Crippen LogP contribution in [0.3, 0.4) is 0 Å². The minimum absolute atomic E-state index is 0.278. The molecular formula is C17H34N2O2. The van der Waals surface area contributed by atoms with Gasteiger partial charge in [0, 0.05) is 6.04 Å². The van der Waals surface area contributed by atoms with Crippen LogP contribution < -0.4 is 5.73 Å². The van der Waals surface area contributed by atoms with Crippen molar-refractivity contribution < 1.29 is 9.53 Å². The van der Waals surface area contributed by atoms with Crippen LogP contribution in [0.1, 0.15) is 65.7 Å². The summed E-state index contributed by atoms with van der Waals surface area (Å²) >= 11 is 0. The molecule has 0 bridgehead atoms. The molecule has 0 heterocycles. The van der Waals surface area contributed by atoms with Gasteiger partial charge in [-0.1, -0.05) is 6.92 Å². The first kappa shape index (κ1) is 18.4. The zero-order chi connectivity index (χ0) is 15.9. The molecule has 0 saturated heterocycles. The van der Waals surface area contributed by atoms with Crippen molar-refractivity contribution in [3.8, 4) is 0 Å². The molecule has 1 atom stereocenters. The summed E-state index contributed by atoms with van der Waals surface area (Å²) < 4.78 is 5.02. The molecule has 1 saturated carbocycles. The monoisotopic (exact) mass is 298 g/mol. The first-order valence-corrected chi connectivity index (χ1v) is 8.53. The van der Waals surface area contributed by atoms with Crippen LogP contribution in [0, 0.1) is 5.92 Å². The van der Waals surface area contributed by atoms with Crippen LogP contribution in [0.25, 0.3) is 0 Å². The first-order chi connectivity index (χ1) is 9.86. The predicted octanol–water partition coefficient (Wildman–Crippen LogP) is 2.95. The van der Waals surface area contributed by atoms with Crippen molar-refractivity contribution in [2.45, 2.75) is 77.3 Å². The highest BCUT2D eigenvalue weighted by molar-refractivity contribution is 5.79. The van der Waals surface area contributed by atoms with E-state index in [9.17, 15) is 4.79 Å². The smallest absolute Gasteiger partial charge is 0.325 e. The van der Waals surface area contributed by atoms with E-state index in [4.69, 9.17) is 10.5 Å². The Labute approximate surface area is 130 Å². The summed E-state index contributed by atoms with van der Waals surface area (Å²) in [7, 11) is 2.23. The number of carbonyl (C=O) groups is 1. The molecule has 0 aromatic heterocycles. The quantitative estimate of drug-likeness (QED) is 0.553. The van der Waals surface area contributed by atoms with E-state index < -0.39 is 5.54 Å². The number of carbonyl (C=O) groups excluding carboxylic acids is 1. The molecule has 1 aliphatic carbocycles. The number of hydrogen-bond donors (Lipinski definition) is 1. The van der Waals surface area contributed by atoms with Crippen molar-refractivity contribution in [1.82, 2.24) is 4.90 Å². The van der Waals surface area contributed by atoms with E-state index in [2.05, 4.69) is 18.9 Å². The van der Waals surface area contributed by atoms with Gasteiger partial charge in [0.2, 0.25) is 0 Å². The summed E-state index contributed by atoms with van der Waals surface area (Å²) in [5.74, 6) is 0.622. The fourth-order valence-electron chi connectivity index (χ4n) is 3.12. The Balaban J connectivity index is 2.19. The number of unbranched alkanes of at least 4 members (excludes halogenated alkanes) is 1. The Hall–Kier alpha value is -0.610. The van der Waals surface area contributed by atoms with Crippen molar-refractivity contribution in [3.63, 3.8) is 0 Å². The molecule has 1 fully saturated rings. The van der Waals surface area contributed by atoms with Crippen molar-refractivity contribution in [2.75, 3.05) is 20.2 Å². The maximum absolute atomic E-state index is 11.7. The average molecular weight is 298 g/mol. The van der Waals surface area contributed by atoms with Gasteiger partial charge < -0.3 is 15.4 Å². The van der Waals surface area contributed by atoms with E-state index >= 15 is 0 Å². The van der Waals surface area contributed by atoms with E-state index in [-0.39, 0.29) is 5.97 Å². The van der Waals surface area contributed by atoms with E-state index in [0.29, 0.717) is 13.0 Å². The molecule has 124 valence electrons. The van der Waals surface area contributed by atoms with Crippen molar-refractivity contribution in [3.05, 3.63) is 0 Å². The number of ether oxygens (including phenoxy) is 1. The molecule has 0 aliphatic heterocycles. The van der Waals surface area contributed by atoms with Crippen LogP contribution in [-0.4, -0.2) is 42.6 Å². The van der Waals surface area contributed by atoms with Gasteiger partial charge in [0.1, 0.15) is 5.54 Å². The summed E-state index contributed by atoms with van der Waals surface area (Å²) in [6, 6.07) is 0.746. The zero-order valence-electron chi connectivity index (χ0n) is 14.4. The van der Waals surface area contributed by atoms with Gasteiger partial charge in [-0.3, -0.25) is 4.79 Å². The van der Waals surface area contributed by atoms with Gasteiger partial charge in [0.05, 0.1) is 6.61 Å². The second kappa shape index (κ2) is 8.74. The second-order valence-corrected chi connectivity index (χ2v) is 6.99. The fraction of sp³-hybridized carbons (Fsp3) is 0.941. The second-order valence-electron chi connectivity index (χ2n) is 6.99. The van der Waals surface area contributed by atoms with E-state index in [1.807, 2.05) is 6.92 Å². The Bertz CT molecular complexity index is 310. The lowest BCUT2D eigenvalue weighted by Gasteiger charge is -2.33. The molecule has 1 unspecified atom stereocenters. The largest absolute Gasteiger partial charge is 0.465 e. The van der Waals surface area contributed by atoms with Crippen molar-refractivity contribution in [1.29, 1.82) is 0 Å². The van der Waals surface area contributed by atoms with E-state index in [0.717, 1.165) is 31.3 Å². The summed E-state index contributed by atoms with van der Waals surface area (Å²) in [6.45, 7) is 7.44. The molecule has 4 heteroatoms. The third-order valence-electron chi connectivity index (χ3n) is 4.81. The van der Waals surface area contributed by atoms with E-state index in [1.165, 1.54) is 25.7 Å². The minimum Gasteiger partial charge on any atom is -0.465 e. The molecule has 1 aliphatic rings. The minimum atomic E-state index is -0.838. The molecular weight excluding hydrogens is 264 g/mol. The summed E-state index contributed by atoms with van der Waals surface area (Å²) in [5, 5.41) is 0. The lowest BCUT2D eigenvalue weighted by atomic mass is 9.86. The molecule has 0 amide bonds. The van der Waals surface area contributed by atoms with Crippen molar-refractivity contribution >= 4 is 5.97 Å². The van der Waals surface area contributed by atoms with Gasteiger partial charge in [0.15, 0.2) is 0 Å². The van der Waals surface area contributed by atoms with Crippen LogP contribution >= 0.6 is 0 Å². The SMILES string of the molecule is CCOC(=O)C(C)(N)CCCCN(C)C1CCC(C)CC1. The normalized spacial score (nSPS) is 25.6. The van der Waals surface area contributed by atoms with Gasteiger partial charge in [0.25, 0.3) is 0 Å². The van der Waals surface area contributed by atoms with Gasteiger partial charge in [-0.15, -0.1) is 0 Å². The molecule has 0 spiro atoms. The van der Waals surface area contributed by atoms with Gasteiger partial charge in [-0.05, 0) is 78.3 Å². The highest BCUT2D eigenvalue weighted by Crippen LogP contribution is 2.26. The van der Waals surface area contributed by atoms with Gasteiger partial charge in [-0.25, -0.2) is 0 Å². The van der Waals surface area contributed by atoms with Crippen LogP contribution in [0.15, 0.2) is 0 Å². The maximum atomic E-state index is 11.7. The zero-order valence-corrected chi connectivity index (χ0v) is 14.4. The fourth-order valence-corrected chi connectivity index (χ4v) is 3.12. The highest BCUT2D eigenvalue weighted by atomic mass is 16.5. The molecule has 2 N–H and O–H groups in total. The standard InChI is InChI=1S/C17H34N2O2/c1-5-21-16(20)17(3,18)12-6-7-13-19(4)15-10-8-14(2)9-11-15/h14-15H,5-13,18H2,1-4H3. The van der Waals surface area contributed by atoms with E-state index in [1.54, 1.807) is 6.92 Å². The third-order valence-corrected chi connectivity index (χ3v) is 4.81. The molecule has 0 radical (unpaired) electrons. The Kier molecular flexibility index (Phi) is 7.67. The number of rotatable bonds is 8. The van der Waals surface area contributed by atoms with Gasteiger partial charge in [-0.2, -0.15) is 0 Å². The highest BCUT2D eigenvalue weighted by Gasteiger charge is 2.29. The summed E-state index contributed by atoms with van der Waals surface area (Å²) in [5.41, 5.74) is 5.19. The Morgan fingerprint density at radius 2 is 1.90 bits per heavy atom. The average Bonchev–Trinajstić information content (AvgIpc) is 2.44. The van der Waals surface area contributed by atoms with Crippen molar-refractivity contribution in [2.24, 2.45) is 11.7 Å².